The Bertz CT molecular complexity index is 986. The van der Waals surface area contributed by atoms with Crippen LogP contribution in [-0.2, 0) is 0 Å². The quantitative estimate of drug-likeness (QED) is 0.609. The highest BCUT2D eigenvalue weighted by Crippen LogP contribution is 2.28. The van der Waals surface area contributed by atoms with Crippen LogP contribution in [0.5, 0.6) is 0 Å². The summed E-state index contributed by atoms with van der Waals surface area (Å²) in [5, 5.41) is 7.82. The molecule has 22 heavy (non-hydrogen) atoms. The molecule has 4 rings (SSSR count). The van der Waals surface area contributed by atoms with Crippen molar-refractivity contribution in [2.75, 3.05) is 0 Å². The zero-order valence-corrected chi connectivity index (χ0v) is 11.6. The van der Waals surface area contributed by atoms with E-state index in [1.807, 2.05) is 66.7 Å². The molecule has 0 aliphatic heterocycles. The molecule has 0 amide bonds. The molecule has 0 saturated carbocycles. The summed E-state index contributed by atoms with van der Waals surface area (Å²) in [6, 6.07) is 21.2. The summed E-state index contributed by atoms with van der Waals surface area (Å²) in [6.45, 7) is 0. The van der Waals surface area contributed by atoms with Crippen LogP contribution in [0.3, 0.4) is 0 Å². The van der Waals surface area contributed by atoms with Crippen molar-refractivity contribution in [3.8, 4) is 22.6 Å². The van der Waals surface area contributed by atoms with E-state index in [2.05, 4.69) is 10.2 Å². The lowest BCUT2D eigenvalue weighted by Crippen LogP contribution is -2.00. The minimum atomic E-state index is -0.411. The van der Waals surface area contributed by atoms with Gasteiger partial charge in [-0.2, -0.15) is 5.10 Å². The van der Waals surface area contributed by atoms with E-state index in [9.17, 15) is 4.79 Å². The number of rotatable bonds is 2. The molecule has 0 unspecified atom stereocenters. The highest BCUT2D eigenvalue weighted by Gasteiger charge is 2.14. The van der Waals surface area contributed by atoms with E-state index in [1.54, 1.807) is 0 Å². The number of hydrogen-bond acceptors (Lipinski definition) is 3. The predicted molar refractivity (Wildman–Crippen MR) is 85.5 cm³/mol. The Hall–Kier alpha value is -3.14. The lowest BCUT2D eigenvalue weighted by atomic mass is 10.1. The second-order valence-electron chi connectivity index (χ2n) is 4.99. The third-order valence-electron chi connectivity index (χ3n) is 3.59. The van der Waals surface area contributed by atoms with Crippen molar-refractivity contribution < 1.29 is 4.42 Å². The average molecular weight is 288 g/mol. The Kier molecular flexibility index (Phi) is 2.86. The van der Waals surface area contributed by atoms with Crippen molar-refractivity contribution in [2.45, 2.75) is 0 Å². The van der Waals surface area contributed by atoms with E-state index < -0.39 is 5.63 Å². The average Bonchev–Trinajstić information content (AvgIpc) is 3.01. The van der Waals surface area contributed by atoms with Gasteiger partial charge in [0.25, 0.3) is 0 Å². The van der Waals surface area contributed by atoms with E-state index in [1.165, 1.54) is 0 Å². The molecule has 0 radical (unpaired) electrons. The van der Waals surface area contributed by atoms with Gasteiger partial charge in [0.15, 0.2) is 5.52 Å². The first-order valence-corrected chi connectivity index (χ1v) is 6.96. The lowest BCUT2D eigenvalue weighted by molar-refractivity contribution is 0.533. The van der Waals surface area contributed by atoms with Crippen LogP contribution < -0.4 is 5.63 Å². The molecule has 0 atom stereocenters. The van der Waals surface area contributed by atoms with Crippen molar-refractivity contribution in [1.82, 2.24) is 10.2 Å². The van der Waals surface area contributed by atoms with Gasteiger partial charge >= 0.3 is 5.63 Å². The molecule has 0 aliphatic carbocycles. The Balaban J connectivity index is 1.99. The molecule has 4 aromatic rings. The summed E-state index contributed by atoms with van der Waals surface area (Å²) in [6.07, 6.45) is 0. The van der Waals surface area contributed by atoms with Gasteiger partial charge in [-0.1, -0.05) is 60.7 Å². The molecule has 0 saturated heterocycles. The topological polar surface area (TPSA) is 58.9 Å². The Morgan fingerprint density at radius 1 is 0.864 bits per heavy atom. The summed E-state index contributed by atoms with van der Waals surface area (Å²) in [5.41, 5.74) is 2.55. The molecule has 106 valence electrons. The molecule has 0 bridgehead atoms. The van der Waals surface area contributed by atoms with E-state index >= 15 is 0 Å². The van der Waals surface area contributed by atoms with Crippen molar-refractivity contribution >= 4 is 10.9 Å². The minimum absolute atomic E-state index is 0.388. The van der Waals surface area contributed by atoms with Crippen molar-refractivity contribution in [1.29, 1.82) is 0 Å². The van der Waals surface area contributed by atoms with Crippen molar-refractivity contribution in [3.63, 3.8) is 0 Å². The smallest absolute Gasteiger partial charge is 0.362 e. The number of fused-ring (bicyclic) bond motifs is 1. The van der Waals surface area contributed by atoms with Crippen LogP contribution in [0.4, 0.5) is 0 Å². The highest BCUT2D eigenvalue weighted by molar-refractivity contribution is 5.93. The predicted octanol–water partition coefficient (Wildman–Crippen LogP) is 3.85. The molecule has 0 spiro atoms. The lowest BCUT2D eigenvalue weighted by Gasteiger charge is -2.01. The fraction of sp³-hybridized carbons (Fsp3) is 0. The number of nitrogens with zero attached hydrogens (tertiary/aromatic N) is 1. The van der Waals surface area contributed by atoms with Crippen molar-refractivity contribution in [2.24, 2.45) is 0 Å². The maximum atomic E-state index is 12.2. The van der Waals surface area contributed by atoms with Gasteiger partial charge in [-0.15, -0.1) is 0 Å². The summed E-state index contributed by atoms with van der Waals surface area (Å²) in [5.74, 6) is 0.539. The first kappa shape index (κ1) is 12.6. The summed E-state index contributed by atoms with van der Waals surface area (Å²) in [7, 11) is 0. The Labute approximate surface area is 126 Å². The maximum absolute atomic E-state index is 12.2. The number of H-pyrrole nitrogens is 1. The first-order valence-electron chi connectivity index (χ1n) is 6.96. The number of nitrogens with one attached hydrogen (secondary N) is 1. The van der Waals surface area contributed by atoms with E-state index in [-0.39, 0.29) is 0 Å². The monoisotopic (exact) mass is 288 g/mol. The first-order chi connectivity index (χ1) is 10.8. The second kappa shape index (κ2) is 5.00. The Morgan fingerprint density at radius 2 is 1.50 bits per heavy atom. The standard InChI is InChI=1S/C18H12N2O2/c21-18-17-14(11-15(22-18)12-7-3-1-4-8-12)16(19-20-17)13-9-5-2-6-10-13/h1-11H,(H,19,20). The summed E-state index contributed by atoms with van der Waals surface area (Å²) < 4.78 is 5.40. The van der Waals surface area contributed by atoms with Crippen LogP contribution in [0.2, 0.25) is 0 Å². The van der Waals surface area contributed by atoms with Crippen LogP contribution in [-0.4, -0.2) is 10.2 Å². The highest BCUT2D eigenvalue weighted by atomic mass is 16.4. The zero-order chi connectivity index (χ0) is 14.9. The molecule has 0 fully saturated rings. The van der Waals surface area contributed by atoms with Gasteiger partial charge in [-0.25, -0.2) is 4.79 Å². The summed E-state index contributed by atoms with van der Waals surface area (Å²) >= 11 is 0. The number of aromatic nitrogens is 2. The molecule has 1 N–H and O–H groups in total. The molecule has 2 aromatic carbocycles. The van der Waals surface area contributed by atoms with Crippen LogP contribution in [0, 0.1) is 0 Å². The number of aromatic amines is 1. The van der Waals surface area contributed by atoms with Gasteiger partial charge in [0, 0.05) is 16.5 Å². The molecule has 2 heterocycles. The van der Waals surface area contributed by atoms with Crippen LogP contribution in [0.15, 0.2) is 75.9 Å². The van der Waals surface area contributed by atoms with Gasteiger partial charge in [0.05, 0.1) is 0 Å². The largest absolute Gasteiger partial charge is 0.421 e. The third-order valence-corrected chi connectivity index (χ3v) is 3.59. The van der Waals surface area contributed by atoms with Crippen molar-refractivity contribution in [3.05, 3.63) is 77.2 Å². The molecule has 0 aliphatic rings. The van der Waals surface area contributed by atoms with Crippen LogP contribution in [0.1, 0.15) is 0 Å². The third kappa shape index (κ3) is 2.02. The number of hydrogen-bond donors (Lipinski definition) is 1. The van der Waals surface area contributed by atoms with Crippen LogP contribution >= 0.6 is 0 Å². The Morgan fingerprint density at radius 3 is 2.18 bits per heavy atom. The van der Waals surface area contributed by atoms with Gasteiger partial charge in [-0.3, -0.25) is 5.10 Å². The fourth-order valence-electron chi connectivity index (χ4n) is 2.52. The van der Waals surface area contributed by atoms with Gasteiger partial charge in [0.2, 0.25) is 0 Å². The molecule has 2 aromatic heterocycles. The molecular weight excluding hydrogens is 276 g/mol. The normalized spacial score (nSPS) is 10.9. The summed E-state index contributed by atoms with van der Waals surface area (Å²) in [4.78, 5) is 12.2. The van der Waals surface area contributed by atoms with E-state index in [0.717, 1.165) is 22.2 Å². The zero-order valence-electron chi connectivity index (χ0n) is 11.6. The minimum Gasteiger partial charge on any atom is -0.421 e. The second-order valence-corrected chi connectivity index (χ2v) is 4.99. The van der Waals surface area contributed by atoms with Gasteiger partial charge < -0.3 is 4.42 Å². The molecule has 4 heteroatoms. The van der Waals surface area contributed by atoms with E-state index in [4.69, 9.17) is 4.42 Å². The van der Waals surface area contributed by atoms with Gasteiger partial charge in [-0.05, 0) is 6.07 Å². The molecule has 4 nitrogen and oxygen atoms in total. The SMILES string of the molecule is O=c1oc(-c2ccccc2)cc2c(-c3ccccc3)n[nH]c12. The fourth-order valence-corrected chi connectivity index (χ4v) is 2.52. The number of benzene rings is 2. The molecular formula is C18H12N2O2. The van der Waals surface area contributed by atoms with E-state index in [0.29, 0.717) is 11.3 Å². The van der Waals surface area contributed by atoms with Gasteiger partial charge in [0.1, 0.15) is 11.5 Å². The maximum Gasteiger partial charge on any atom is 0.362 e. The van der Waals surface area contributed by atoms with Crippen LogP contribution in [0.25, 0.3) is 33.5 Å².